The molecule has 3 aromatic rings. The lowest BCUT2D eigenvalue weighted by atomic mass is 10.1. The molecule has 6 heteroatoms. The lowest BCUT2D eigenvalue weighted by molar-refractivity contribution is -0.120. The van der Waals surface area contributed by atoms with Gasteiger partial charge in [-0.1, -0.05) is 24.3 Å². The first kappa shape index (κ1) is 18.2. The maximum atomic E-state index is 12.0. The van der Waals surface area contributed by atoms with Gasteiger partial charge in [0.05, 0.1) is 12.1 Å². The van der Waals surface area contributed by atoms with Crippen LogP contribution in [-0.2, 0) is 11.2 Å². The quantitative estimate of drug-likeness (QED) is 0.698. The molecule has 1 amide bonds. The summed E-state index contributed by atoms with van der Waals surface area (Å²) in [5, 5.41) is 5.97. The highest BCUT2D eigenvalue weighted by atomic mass is 32.1. The lowest BCUT2D eigenvalue weighted by Crippen LogP contribution is -2.32. The first-order chi connectivity index (χ1) is 12.6. The van der Waals surface area contributed by atoms with Crippen molar-refractivity contribution in [2.75, 3.05) is 27.2 Å². The maximum Gasteiger partial charge on any atom is 0.224 e. The first-order valence-electron chi connectivity index (χ1n) is 8.48. The zero-order valence-corrected chi connectivity index (χ0v) is 15.8. The minimum atomic E-state index is 0.0493. The average Bonchev–Trinajstić information content (AvgIpc) is 3.13. The van der Waals surface area contributed by atoms with E-state index < -0.39 is 0 Å². The predicted octanol–water partition coefficient (Wildman–Crippen LogP) is 3.09. The number of nitrogens with zero attached hydrogens (tertiary/aromatic N) is 3. The summed E-state index contributed by atoms with van der Waals surface area (Å²) in [6.45, 7) is 1.51. The van der Waals surface area contributed by atoms with Crippen LogP contribution in [0.5, 0.6) is 0 Å². The Morgan fingerprint density at radius 3 is 2.50 bits per heavy atom. The molecule has 0 unspecified atom stereocenters. The van der Waals surface area contributed by atoms with Crippen LogP contribution in [0.4, 0.5) is 0 Å². The highest BCUT2D eigenvalue weighted by Gasteiger charge is 2.08. The Labute approximate surface area is 157 Å². The van der Waals surface area contributed by atoms with Gasteiger partial charge in [-0.05, 0) is 31.8 Å². The SMILES string of the molecule is CN(C)CCNC(=O)Cc1ccc(-c2csc(-c3ccncc3)n2)cc1. The van der Waals surface area contributed by atoms with E-state index in [0.29, 0.717) is 13.0 Å². The van der Waals surface area contributed by atoms with E-state index in [9.17, 15) is 4.79 Å². The van der Waals surface area contributed by atoms with Gasteiger partial charge >= 0.3 is 0 Å². The third-order valence-electron chi connectivity index (χ3n) is 3.93. The topological polar surface area (TPSA) is 58.1 Å². The monoisotopic (exact) mass is 366 g/mol. The minimum Gasteiger partial charge on any atom is -0.355 e. The van der Waals surface area contributed by atoms with Crippen molar-refractivity contribution in [3.8, 4) is 21.8 Å². The second kappa shape index (κ2) is 8.69. The highest BCUT2D eigenvalue weighted by Crippen LogP contribution is 2.28. The highest BCUT2D eigenvalue weighted by molar-refractivity contribution is 7.13. The number of benzene rings is 1. The minimum absolute atomic E-state index is 0.0493. The number of hydrogen-bond donors (Lipinski definition) is 1. The molecule has 134 valence electrons. The van der Waals surface area contributed by atoms with E-state index in [0.717, 1.165) is 33.9 Å². The lowest BCUT2D eigenvalue weighted by Gasteiger charge is -2.10. The van der Waals surface area contributed by atoms with E-state index in [-0.39, 0.29) is 5.91 Å². The second-order valence-corrected chi connectivity index (χ2v) is 7.16. The molecule has 2 aromatic heterocycles. The average molecular weight is 366 g/mol. The molecule has 0 saturated heterocycles. The van der Waals surface area contributed by atoms with E-state index in [1.165, 1.54) is 0 Å². The van der Waals surface area contributed by atoms with Crippen molar-refractivity contribution in [1.82, 2.24) is 20.2 Å². The molecule has 0 atom stereocenters. The Balaban J connectivity index is 1.61. The zero-order chi connectivity index (χ0) is 18.4. The van der Waals surface area contributed by atoms with Crippen LogP contribution in [-0.4, -0.2) is 48.0 Å². The van der Waals surface area contributed by atoms with Gasteiger partial charge in [0.25, 0.3) is 0 Å². The van der Waals surface area contributed by atoms with Crippen molar-refractivity contribution in [3.05, 3.63) is 59.7 Å². The summed E-state index contributed by atoms with van der Waals surface area (Å²) in [6, 6.07) is 11.9. The summed E-state index contributed by atoms with van der Waals surface area (Å²) in [4.78, 5) is 22.8. The fourth-order valence-corrected chi connectivity index (χ4v) is 3.33. The number of aromatic nitrogens is 2. The smallest absolute Gasteiger partial charge is 0.224 e. The van der Waals surface area contributed by atoms with Gasteiger partial charge in [0, 0.05) is 42.0 Å². The van der Waals surface area contributed by atoms with Crippen LogP contribution in [0.3, 0.4) is 0 Å². The summed E-state index contributed by atoms with van der Waals surface area (Å²) >= 11 is 1.62. The van der Waals surface area contributed by atoms with E-state index >= 15 is 0 Å². The van der Waals surface area contributed by atoms with E-state index in [1.807, 2.05) is 55.4 Å². The summed E-state index contributed by atoms with van der Waals surface area (Å²) < 4.78 is 0. The Hall–Kier alpha value is -2.57. The molecule has 0 saturated carbocycles. The van der Waals surface area contributed by atoms with Gasteiger partial charge in [-0.15, -0.1) is 11.3 Å². The Bertz CT molecular complexity index is 844. The van der Waals surface area contributed by atoms with E-state index in [1.54, 1.807) is 23.7 Å². The van der Waals surface area contributed by atoms with Crippen LogP contribution in [0.25, 0.3) is 21.8 Å². The van der Waals surface area contributed by atoms with Crippen molar-refractivity contribution in [1.29, 1.82) is 0 Å². The van der Waals surface area contributed by atoms with Gasteiger partial charge in [-0.2, -0.15) is 0 Å². The summed E-state index contributed by atoms with van der Waals surface area (Å²) in [7, 11) is 3.98. The van der Waals surface area contributed by atoms with Crippen LogP contribution < -0.4 is 5.32 Å². The largest absolute Gasteiger partial charge is 0.355 e. The van der Waals surface area contributed by atoms with Gasteiger partial charge in [0.15, 0.2) is 0 Å². The van der Waals surface area contributed by atoms with Crippen molar-refractivity contribution >= 4 is 17.2 Å². The summed E-state index contributed by atoms with van der Waals surface area (Å²) in [5.41, 5.74) is 4.07. The number of amides is 1. The summed E-state index contributed by atoms with van der Waals surface area (Å²) in [5.74, 6) is 0.0493. The van der Waals surface area contributed by atoms with Crippen LogP contribution in [0.15, 0.2) is 54.2 Å². The number of carbonyl (C=O) groups is 1. The van der Waals surface area contributed by atoms with Gasteiger partial charge in [-0.25, -0.2) is 4.98 Å². The van der Waals surface area contributed by atoms with Crippen LogP contribution in [0.1, 0.15) is 5.56 Å². The van der Waals surface area contributed by atoms with Gasteiger partial charge in [0.1, 0.15) is 5.01 Å². The van der Waals surface area contributed by atoms with Crippen molar-refractivity contribution < 1.29 is 4.79 Å². The van der Waals surface area contributed by atoms with E-state index in [2.05, 4.69) is 15.7 Å². The van der Waals surface area contributed by atoms with Gasteiger partial charge < -0.3 is 10.2 Å². The number of nitrogens with one attached hydrogen (secondary N) is 1. The molecule has 0 spiro atoms. The number of likely N-dealkylation sites (N-methyl/N-ethyl adjacent to an activating group) is 1. The van der Waals surface area contributed by atoms with Crippen LogP contribution in [0, 0.1) is 0 Å². The third-order valence-corrected chi connectivity index (χ3v) is 4.82. The van der Waals surface area contributed by atoms with Crippen molar-refractivity contribution in [2.45, 2.75) is 6.42 Å². The second-order valence-electron chi connectivity index (χ2n) is 6.30. The normalized spacial score (nSPS) is 10.9. The predicted molar refractivity (Wildman–Crippen MR) is 106 cm³/mol. The Morgan fingerprint density at radius 1 is 1.08 bits per heavy atom. The van der Waals surface area contributed by atoms with Gasteiger partial charge in [0.2, 0.25) is 5.91 Å². The molecule has 2 heterocycles. The summed E-state index contributed by atoms with van der Waals surface area (Å²) in [6.07, 6.45) is 3.94. The molecule has 0 radical (unpaired) electrons. The number of thiazole rings is 1. The first-order valence-corrected chi connectivity index (χ1v) is 9.36. The number of rotatable bonds is 7. The molecule has 0 aliphatic rings. The zero-order valence-electron chi connectivity index (χ0n) is 15.0. The molecule has 26 heavy (non-hydrogen) atoms. The molecule has 1 N–H and O–H groups in total. The molecular weight excluding hydrogens is 344 g/mol. The molecule has 0 aliphatic heterocycles. The van der Waals surface area contributed by atoms with Crippen molar-refractivity contribution in [2.24, 2.45) is 0 Å². The number of carbonyl (C=O) groups excluding carboxylic acids is 1. The molecule has 3 rings (SSSR count). The van der Waals surface area contributed by atoms with E-state index in [4.69, 9.17) is 4.98 Å². The molecule has 0 aliphatic carbocycles. The molecule has 0 fully saturated rings. The fourth-order valence-electron chi connectivity index (χ4n) is 2.49. The fraction of sp³-hybridized carbons (Fsp3) is 0.250. The van der Waals surface area contributed by atoms with Crippen LogP contribution >= 0.6 is 11.3 Å². The van der Waals surface area contributed by atoms with Gasteiger partial charge in [-0.3, -0.25) is 9.78 Å². The molecule has 0 bridgehead atoms. The Morgan fingerprint density at radius 2 is 1.81 bits per heavy atom. The number of pyridine rings is 1. The molecule has 5 nitrogen and oxygen atoms in total. The molecule has 1 aromatic carbocycles. The van der Waals surface area contributed by atoms with Crippen LogP contribution in [0.2, 0.25) is 0 Å². The molecular formula is C20H22N4OS. The maximum absolute atomic E-state index is 12.0. The third kappa shape index (κ3) is 4.97. The Kier molecular flexibility index (Phi) is 6.09. The number of hydrogen-bond acceptors (Lipinski definition) is 5. The van der Waals surface area contributed by atoms with Crippen molar-refractivity contribution in [3.63, 3.8) is 0 Å². The standard InChI is InChI=1S/C20H22N4OS/c1-24(2)12-11-22-19(25)13-15-3-5-16(6-4-15)18-14-26-20(23-18)17-7-9-21-10-8-17/h3-10,14H,11-13H2,1-2H3,(H,22,25).